The van der Waals surface area contributed by atoms with E-state index >= 15 is 0 Å². The van der Waals surface area contributed by atoms with Crippen LogP contribution in [0.3, 0.4) is 0 Å². The Morgan fingerprint density at radius 3 is 2.48 bits per heavy atom. The van der Waals surface area contributed by atoms with Crippen molar-refractivity contribution in [3.63, 3.8) is 0 Å². The maximum atomic E-state index is 13.7. The number of carbonyl (C=O) groups excluding carboxylic acids is 1. The zero-order valence-electron chi connectivity index (χ0n) is 14.7. The van der Waals surface area contributed by atoms with Crippen LogP contribution in [0.2, 0.25) is 0 Å². The molecule has 3 rings (SSSR count). The molecule has 146 valence electrons. The first kappa shape index (κ1) is 20.7. The molecule has 1 aliphatic carbocycles. The Balaban J connectivity index is 0.000000465. The van der Waals surface area contributed by atoms with Crippen LogP contribution in [0.25, 0.3) is 0 Å². The van der Waals surface area contributed by atoms with E-state index in [1.165, 1.54) is 12.1 Å². The summed E-state index contributed by atoms with van der Waals surface area (Å²) in [4.78, 5) is 13.2. The van der Waals surface area contributed by atoms with E-state index < -0.39 is 12.7 Å². The summed E-state index contributed by atoms with van der Waals surface area (Å²) in [7, 11) is 0. The first-order valence-electron chi connectivity index (χ1n) is 8.42. The van der Waals surface area contributed by atoms with Crippen LogP contribution in [0.5, 0.6) is 0 Å². The highest BCUT2D eigenvalue weighted by Gasteiger charge is 2.41. The minimum absolute atomic E-state index is 0.122. The largest absolute Gasteiger partial charge is 0.468 e. The third kappa shape index (κ3) is 6.54. The van der Waals surface area contributed by atoms with Crippen molar-refractivity contribution in [3.8, 4) is 0 Å². The fourth-order valence-corrected chi connectivity index (χ4v) is 2.67. The van der Waals surface area contributed by atoms with Crippen molar-refractivity contribution >= 4 is 12.3 Å². The van der Waals surface area contributed by atoms with Crippen LogP contribution >= 0.6 is 0 Å². The lowest BCUT2D eigenvalue weighted by Gasteiger charge is -2.09. The van der Waals surface area contributed by atoms with Gasteiger partial charge in [0.25, 0.3) is 6.47 Å². The molecule has 2 aromatic rings. The molecule has 1 aromatic heterocycles. The van der Waals surface area contributed by atoms with Crippen LogP contribution in [0.15, 0.2) is 42.6 Å². The topological polar surface area (TPSA) is 51.2 Å². The van der Waals surface area contributed by atoms with Crippen LogP contribution < -0.4 is 5.32 Å². The average molecular weight is 384 g/mol. The summed E-state index contributed by atoms with van der Waals surface area (Å²) < 4.78 is 54.2. The molecular formula is C19H20F4N2O2. The maximum Gasteiger partial charge on any atom is 0.405 e. The highest BCUT2D eigenvalue weighted by molar-refractivity contribution is 5.41. The summed E-state index contributed by atoms with van der Waals surface area (Å²) in [6, 6.07) is 9.93. The van der Waals surface area contributed by atoms with Gasteiger partial charge in [0.15, 0.2) is 0 Å². The van der Waals surface area contributed by atoms with E-state index in [0.29, 0.717) is 18.6 Å². The van der Waals surface area contributed by atoms with Gasteiger partial charge in [0.1, 0.15) is 18.2 Å². The van der Waals surface area contributed by atoms with Crippen molar-refractivity contribution in [2.45, 2.75) is 31.4 Å². The first-order chi connectivity index (χ1) is 12.9. The van der Waals surface area contributed by atoms with Crippen LogP contribution in [-0.2, 0) is 9.53 Å². The number of hydrogen-bond donors (Lipinski definition) is 1. The Morgan fingerprint density at radius 1 is 1.22 bits per heavy atom. The number of nitrogens with one attached hydrogen (secondary N) is 1. The third-order valence-electron chi connectivity index (χ3n) is 4.01. The van der Waals surface area contributed by atoms with Crippen molar-refractivity contribution in [1.82, 2.24) is 4.98 Å². The van der Waals surface area contributed by atoms with Gasteiger partial charge >= 0.3 is 6.18 Å². The molecule has 0 amide bonds. The average Bonchev–Trinajstić information content (AvgIpc) is 3.42. The number of carbonyl (C=O) groups is 1. The van der Waals surface area contributed by atoms with E-state index in [1.807, 2.05) is 0 Å². The number of hydrogen-bond acceptors (Lipinski definition) is 4. The van der Waals surface area contributed by atoms with Gasteiger partial charge < -0.3 is 10.1 Å². The van der Waals surface area contributed by atoms with E-state index in [2.05, 4.69) is 15.0 Å². The van der Waals surface area contributed by atoms with Gasteiger partial charge in [-0.3, -0.25) is 4.79 Å². The summed E-state index contributed by atoms with van der Waals surface area (Å²) in [5, 5.41) is 2.23. The van der Waals surface area contributed by atoms with Crippen molar-refractivity contribution in [3.05, 3.63) is 59.5 Å². The molecule has 0 saturated heterocycles. The lowest BCUT2D eigenvalue weighted by atomic mass is 10.1. The molecule has 1 aromatic carbocycles. The summed E-state index contributed by atoms with van der Waals surface area (Å²) in [6.07, 6.45) is -1.88. The molecule has 4 nitrogen and oxygen atoms in total. The molecule has 2 atom stereocenters. The Kier molecular flexibility index (Phi) is 7.15. The normalized spacial score (nSPS) is 18.1. The van der Waals surface area contributed by atoms with Crippen molar-refractivity contribution in [1.29, 1.82) is 0 Å². The molecule has 1 N–H and O–H groups in total. The van der Waals surface area contributed by atoms with Crippen LogP contribution in [0.1, 0.15) is 36.3 Å². The zero-order valence-corrected chi connectivity index (χ0v) is 14.7. The maximum absolute atomic E-state index is 13.7. The molecule has 0 spiro atoms. The molecule has 1 aliphatic rings. The lowest BCUT2D eigenvalue weighted by Crippen LogP contribution is -2.21. The van der Waals surface area contributed by atoms with Crippen molar-refractivity contribution in [2.24, 2.45) is 0 Å². The van der Waals surface area contributed by atoms with Crippen molar-refractivity contribution < 1.29 is 27.1 Å². The van der Waals surface area contributed by atoms with Crippen LogP contribution in [0, 0.1) is 5.82 Å². The molecule has 1 fully saturated rings. The second kappa shape index (κ2) is 9.34. The smallest absolute Gasteiger partial charge is 0.405 e. The Hall–Kier alpha value is -2.64. The van der Waals surface area contributed by atoms with Crippen LogP contribution in [0.4, 0.5) is 23.4 Å². The number of aromatic nitrogens is 1. The van der Waals surface area contributed by atoms with Gasteiger partial charge in [0.2, 0.25) is 0 Å². The second-order valence-corrected chi connectivity index (χ2v) is 5.97. The van der Waals surface area contributed by atoms with E-state index in [9.17, 15) is 22.4 Å². The van der Waals surface area contributed by atoms with Gasteiger partial charge in [-0.15, -0.1) is 0 Å². The van der Waals surface area contributed by atoms with Gasteiger partial charge in [0, 0.05) is 6.20 Å². The van der Waals surface area contributed by atoms with Gasteiger partial charge in [-0.1, -0.05) is 24.3 Å². The number of benzene rings is 1. The van der Waals surface area contributed by atoms with E-state index in [-0.39, 0.29) is 23.5 Å². The minimum atomic E-state index is -4.27. The van der Waals surface area contributed by atoms with Crippen molar-refractivity contribution in [2.75, 3.05) is 18.5 Å². The SMILES string of the molecule is CCOC=O.Fc1ccccc1[C@H]1CC1c1ccc(NCC(F)(F)F)nc1. The third-order valence-corrected chi connectivity index (χ3v) is 4.01. The second-order valence-electron chi connectivity index (χ2n) is 5.97. The number of nitrogens with zero attached hydrogens (tertiary/aromatic N) is 1. The highest BCUT2D eigenvalue weighted by Crippen LogP contribution is 2.55. The molecule has 1 saturated carbocycles. The molecule has 1 unspecified atom stereocenters. The number of anilines is 1. The summed E-state index contributed by atoms with van der Waals surface area (Å²) in [5.74, 6) is 0.272. The fraction of sp³-hybridized carbons (Fsp3) is 0.368. The summed E-state index contributed by atoms with van der Waals surface area (Å²) in [6.45, 7) is 1.55. The predicted octanol–water partition coefficient (Wildman–Crippen LogP) is 4.65. The molecule has 1 heterocycles. The van der Waals surface area contributed by atoms with E-state index in [1.54, 1.807) is 37.4 Å². The number of ether oxygens (including phenoxy) is 1. The molecule has 8 heteroatoms. The fourth-order valence-electron chi connectivity index (χ4n) is 2.67. The van der Waals surface area contributed by atoms with Gasteiger partial charge in [-0.2, -0.15) is 13.2 Å². The first-order valence-corrected chi connectivity index (χ1v) is 8.42. The minimum Gasteiger partial charge on any atom is -0.468 e. The number of halogens is 4. The predicted molar refractivity (Wildman–Crippen MR) is 93.0 cm³/mol. The van der Waals surface area contributed by atoms with E-state index in [4.69, 9.17) is 0 Å². The van der Waals surface area contributed by atoms with Gasteiger partial charge in [-0.05, 0) is 48.4 Å². The number of pyridine rings is 1. The molecule has 0 bridgehead atoms. The van der Waals surface area contributed by atoms with Crippen LogP contribution in [-0.4, -0.2) is 30.8 Å². The summed E-state index contributed by atoms with van der Waals surface area (Å²) >= 11 is 0. The quantitative estimate of drug-likeness (QED) is 0.582. The molecule has 27 heavy (non-hydrogen) atoms. The highest BCUT2D eigenvalue weighted by atomic mass is 19.4. The van der Waals surface area contributed by atoms with Gasteiger partial charge in [0.05, 0.1) is 6.61 Å². The number of rotatable bonds is 6. The molecule has 0 aliphatic heterocycles. The Labute approximate surface area is 154 Å². The molecule has 0 radical (unpaired) electrons. The van der Waals surface area contributed by atoms with Gasteiger partial charge in [-0.25, -0.2) is 9.37 Å². The molecular weight excluding hydrogens is 364 g/mol. The number of alkyl halides is 3. The standard InChI is InChI=1S/C16H14F4N2.C3H6O2/c17-14-4-2-1-3-11(14)13-7-12(13)10-5-6-15(21-8-10)22-9-16(18,19)20;1-2-5-3-4/h1-6,8,12-13H,7,9H2,(H,21,22);3H,2H2,1H3/t12?,13-;/m1./s1. The lowest BCUT2D eigenvalue weighted by molar-refractivity contribution is -0.128. The monoisotopic (exact) mass is 384 g/mol. The Bertz CT molecular complexity index is 735. The summed E-state index contributed by atoms with van der Waals surface area (Å²) in [5.41, 5.74) is 1.61. The van der Waals surface area contributed by atoms with E-state index in [0.717, 1.165) is 12.0 Å². The Morgan fingerprint density at radius 2 is 1.96 bits per heavy atom. The zero-order chi connectivity index (χ0) is 19.9.